The first kappa shape index (κ1) is 14.5. The molecule has 0 aliphatic carbocycles. The Morgan fingerprint density at radius 1 is 1.35 bits per heavy atom. The summed E-state index contributed by atoms with van der Waals surface area (Å²) in [5, 5.41) is 6.26. The molecule has 0 radical (unpaired) electrons. The molecule has 1 aromatic carbocycles. The molecule has 1 aliphatic heterocycles. The molecule has 0 fully saturated rings. The van der Waals surface area contributed by atoms with E-state index in [0.717, 1.165) is 0 Å². The van der Waals surface area contributed by atoms with Crippen molar-refractivity contribution in [1.29, 1.82) is 0 Å². The molecule has 1 heterocycles. The molecule has 0 saturated carbocycles. The molecule has 0 spiro atoms. The standard InChI is InChI=1S/C14H16FN3OS/c1-8-11(13(19)18(2)3)12(17-14(20)16-8)9-6-4-5-7-10(9)15/h4-7,12H,1-3H3,(H2,16,17,20)/t12-/m0/s1. The van der Waals surface area contributed by atoms with E-state index in [2.05, 4.69) is 10.6 Å². The molecule has 0 saturated heterocycles. The molecule has 1 aromatic rings. The first-order valence-electron chi connectivity index (χ1n) is 6.16. The summed E-state index contributed by atoms with van der Waals surface area (Å²) in [7, 11) is 3.32. The fourth-order valence-corrected chi connectivity index (χ4v) is 2.43. The predicted molar refractivity (Wildman–Crippen MR) is 79.4 cm³/mol. The zero-order valence-corrected chi connectivity index (χ0v) is 12.3. The van der Waals surface area contributed by atoms with Gasteiger partial charge in [0, 0.05) is 25.4 Å². The Morgan fingerprint density at radius 2 is 2.00 bits per heavy atom. The smallest absolute Gasteiger partial charge is 0.253 e. The molecule has 20 heavy (non-hydrogen) atoms. The second-order valence-electron chi connectivity index (χ2n) is 4.79. The summed E-state index contributed by atoms with van der Waals surface area (Å²) in [6.07, 6.45) is 0. The third kappa shape index (κ3) is 2.65. The average Bonchev–Trinajstić information content (AvgIpc) is 2.37. The van der Waals surface area contributed by atoms with Gasteiger partial charge in [0.1, 0.15) is 5.82 Å². The van der Waals surface area contributed by atoms with E-state index < -0.39 is 6.04 Å². The molecular formula is C14H16FN3OS. The zero-order chi connectivity index (χ0) is 14.9. The average molecular weight is 293 g/mol. The quantitative estimate of drug-likeness (QED) is 0.815. The molecule has 2 N–H and O–H groups in total. The Morgan fingerprint density at radius 3 is 2.60 bits per heavy atom. The number of thiocarbonyl (C=S) groups is 1. The maximum Gasteiger partial charge on any atom is 0.253 e. The first-order chi connectivity index (χ1) is 9.41. The Kier molecular flexibility index (Phi) is 4.04. The molecular weight excluding hydrogens is 277 g/mol. The summed E-state index contributed by atoms with van der Waals surface area (Å²) in [4.78, 5) is 13.8. The van der Waals surface area contributed by atoms with E-state index in [4.69, 9.17) is 12.2 Å². The van der Waals surface area contributed by atoms with Gasteiger partial charge in [-0.3, -0.25) is 4.79 Å². The van der Waals surface area contributed by atoms with Gasteiger partial charge in [0.2, 0.25) is 0 Å². The largest absolute Gasteiger partial charge is 0.351 e. The van der Waals surface area contributed by atoms with Crippen LogP contribution < -0.4 is 10.6 Å². The number of rotatable bonds is 2. The lowest BCUT2D eigenvalue weighted by atomic mass is 9.94. The van der Waals surface area contributed by atoms with Gasteiger partial charge in [-0.1, -0.05) is 18.2 Å². The summed E-state index contributed by atoms with van der Waals surface area (Å²) in [6.45, 7) is 1.76. The van der Waals surface area contributed by atoms with E-state index in [1.54, 1.807) is 39.2 Å². The van der Waals surface area contributed by atoms with Crippen molar-refractivity contribution in [3.8, 4) is 0 Å². The summed E-state index contributed by atoms with van der Waals surface area (Å²) in [6, 6.07) is 5.78. The molecule has 1 amide bonds. The van der Waals surface area contributed by atoms with Gasteiger partial charge in [0.05, 0.1) is 11.6 Å². The third-order valence-corrected chi connectivity index (χ3v) is 3.34. The van der Waals surface area contributed by atoms with E-state index >= 15 is 0 Å². The van der Waals surface area contributed by atoms with Crippen LogP contribution in [0.2, 0.25) is 0 Å². The predicted octanol–water partition coefficient (Wildman–Crippen LogP) is 1.71. The normalized spacial score (nSPS) is 18.4. The van der Waals surface area contributed by atoms with Crippen LogP contribution in [0.15, 0.2) is 35.5 Å². The van der Waals surface area contributed by atoms with Gasteiger partial charge >= 0.3 is 0 Å². The van der Waals surface area contributed by atoms with Crippen LogP contribution in [-0.4, -0.2) is 30.0 Å². The van der Waals surface area contributed by atoms with Crippen molar-refractivity contribution in [3.63, 3.8) is 0 Å². The molecule has 6 heteroatoms. The lowest BCUT2D eigenvalue weighted by molar-refractivity contribution is -0.125. The van der Waals surface area contributed by atoms with Crippen LogP contribution in [0.1, 0.15) is 18.5 Å². The van der Waals surface area contributed by atoms with Crippen molar-refractivity contribution in [2.75, 3.05) is 14.1 Å². The molecule has 0 bridgehead atoms. The minimum Gasteiger partial charge on any atom is -0.351 e. The van der Waals surface area contributed by atoms with E-state index in [0.29, 0.717) is 21.9 Å². The molecule has 1 atom stereocenters. The van der Waals surface area contributed by atoms with Crippen molar-refractivity contribution < 1.29 is 9.18 Å². The number of carbonyl (C=O) groups excluding carboxylic acids is 1. The molecule has 106 valence electrons. The van der Waals surface area contributed by atoms with E-state index in [1.165, 1.54) is 11.0 Å². The van der Waals surface area contributed by atoms with Crippen molar-refractivity contribution >= 4 is 23.2 Å². The number of likely N-dealkylation sites (N-methyl/N-ethyl adjacent to an activating group) is 1. The lowest BCUT2D eigenvalue weighted by Gasteiger charge is -2.31. The van der Waals surface area contributed by atoms with Gasteiger partial charge in [-0.15, -0.1) is 0 Å². The lowest BCUT2D eigenvalue weighted by Crippen LogP contribution is -2.46. The molecule has 0 aromatic heterocycles. The maximum absolute atomic E-state index is 14.0. The second-order valence-corrected chi connectivity index (χ2v) is 5.20. The number of benzene rings is 1. The fourth-order valence-electron chi connectivity index (χ4n) is 2.16. The summed E-state index contributed by atoms with van der Waals surface area (Å²) >= 11 is 5.10. The van der Waals surface area contributed by atoms with Crippen LogP contribution >= 0.6 is 12.2 Å². The van der Waals surface area contributed by atoms with Gasteiger partial charge in [0.15, 0.2) is 5.11 Å². The molecule has 0 unspecified atom stereocenters. The first-order valence-corrected chi connectivity index (χ1v) is 6.57. The topological polar surface area (TPSA) is 44.4 Å². The number of hydrogen-bond acceptors (Lipinski definition) is 2. The Labute approximate surface area is 122 Å². The van der Waals surface area contributed by atoms with E-state index in [-0.39, 0.29) is 11.7 Å². The minimum absolute atomic E-state index is 0.182. The van der Waals surface area contributed by atoms with E-state index in [9.17, 15) is 9.18 Å². The molecule has 1 aliphatic rings. The number of nitrogens with one attached hydrogen (secondary N) is 2. The summed E-state index contributed by atoms with van der Waals surface area (Å²) in [5.74, 6) is -0.551. The zero-order valence-electron chi connectivity index (χ0n) is 11.5. The molecule has 4 nitrogen and oxygen atoms in total. The monoisotopic (exact) mass is 293 g/mol. The number of allylic oxidation sites excluding steroid dienone is 1. The van der Waals surface area contributed by atoms with Crippen LogP contribution in [0.3, 0.4) is 0 Å². The number of nitrogens with zero attached hydrogens (tertiary/aromatic N) is 1. The highest BCUT2D eigenvalue weighted by Gasteiger charge is 2.32. The Hall–Kier alpha value is -1.95. The van der Waals surface area contributed by atoms with Gasteiger partial charge < -0.3 is 15.5 Å². The number of hydrogen-bond donors (Lipinski definition) is 2. The highest BCUT2D eigenvalue weighted by atomic mass is 32.1. The molecule has 2 rings (SSSR count). The Balaban J connectivity index is 2.54. The van der Waals surface area contributed by atoms with Crippen LogP contribution in [0, 0.1) is 5.82 Å². The van der Waals surface area contributed by atoms with Crippen molar-refractivity contribution in [3.05, 3.63) is 46.9 Å². The highest BCUT2D eigenvalue weighted by molar-refractivity contribution is 7.80. The summed E-state index contributed by atoms with van der Waals surface area (Å²) in [5.41, 5.74) is 1.51. The maximum atomic E-state index is 14.0. The third-order valence-electron chi connectivity index (χ3n) is 3.12. The van der Waals surface area contributed by atoms with Crippen molar-refractivity contribution in [2.24, 2.45) is 0 Å². The summed E-state index contributed by atoms with van der Waals surface area (Å²) < 4.78 is 14.0. The van der Waals surface area contributed by atoms with Gasteiger partial charge in [-0.05, 0) is 25.2 Å². The minimum atomic E-state index is -0.583. The van der Waals surface area contributed by atoms with Crippen LogP contribution in [0.4, 0.5) is 4.39 Å². The van der Waals surface area contributed by atoms with Crippen LogP contribution in [0.5, 0.6) is 0 Å². The Bertz CT molecular complexity index is 598. The van der Waals surface area contributed by atoms with Gasteiger partial charge in [-0.25, -0.2) is 4.39 Å². The highest BCUT2D eigenvalue weighted by Crippen LogP contribution is 2.29. The van der Waals surface area contributed by atoms with E-state index in [1.807, 2.05) is 0 Å². The van der Waals surface area contributed by atoms with Crippen LogP contribution in [0.25, 0.3) is 0 Å². The second kappa shape index (κ2) is 5.58. The number of carbonyl (C=O) groups is 1. The van der Waals surface area contributed by atoms with Gasteiger partial charge in [0.25, 0.3) is 5.91 Å². The van der Waals surface area contributed by atoms with Crippen LogP contribution in [-0.2, 0) is 4.79 Å². The number of amides is 1. The number of halogens is 1. The fraction of sp³-hybridized carbons (Fsp3) is 0.286. The SMILES string of the molecule is CC1=C(C(=O)N(C)C)[C@H](c2ccccc2F)NC(=S)N1. The van der Waals surface area contributed by atoms with Crippen molar-refractivity contribution in [2.45, 2.75) is 13.0 Å². The van der Waals surface area contributed by atoms with Gasteiger partial charge in [-0.2, -0.15) is 0 Å². The van der Waals surface area contributed by atoms with Crippen molar-refractivity contribution in [1.82, 2.24) is 15.5 Å².